The Morgan fingerprint density at radius 2 is 1.62 bits per heavy atom. The van der Waals surface area contributed by atoms with Gasteiger partial charge in [0.15, 0.2) is 6.10 Å². The molecule has 0 spiro atoms. The quantitative estimate of drug-likeness (QED) is 0.673. The van der Waals surface area contributed by atoms with E-state index in [2.05, 4.69) is 19.2 Å². The predicted molar refractivity (Wildman–Crippen MR) is 117 cm³/mol. The van der Waals surface area contributed by atoms with E-state index in [9.17, 15) is 13.2 Å². The van der Waals surface area contributed by atoms with Crippen LogP contribution in [0, 0.1) is 5.92 Å². The van der Waals surface area contributed by atoms with E-state index < -0.39 is 16.1 Å². The van der Waals surface area contributed by atoms with Crippen LogP contribution in [-0.4, -0.2) is 33.7 Å². The van der Waals surface area contributed by atoms with Gasteiger partial charge in [0.1, 0.15) is 5.75 Å². The second kappa shape index (κ2) is 9.78. The van der Waals surface area contributed by atoms with E-state index >= 15 is 0 Å². The summed E-state index contributed by atoms with van der Waals surface area (Å²) in [4.78, 5) is 12.7. The standard InChI is InChI=1S/C22H30N2O4S/c1-16(2)15-21(18-9-7-6-8-10-18)23-22(25)17(3)28-20-13-11-19(12-14-20)24(4)29(5,26)27/h6-14,16-17,21H,15H2,1-5H3,(H,23,25)/t17-,21+/m0/s1. The van der Waals surface area contributed by atoms with Crippen LogP contribution in [0.15, 0.2) is 54.6 Å². The number of hydrogen-bond acceptors (Lipinski definition) is 4. The minimum Gasteiger partial charge on any atom is -0.481 e. The molecule has 6 nitrogen and oxygen atoms in total. The number of rotatable bonds is 9. The number of ether oxygens (including phenoxy) is 1. The summed E-state index contributed by atoms with van der Waals surface area (Å²) in [6, 6.07) is 16.4. The van der Waals surface area contributed by atoms with Crippen LogP contribution in [-0.2, 0) is 14.8 Å². The number of amides is 1. The Morgan fingerprint density at radius 3 is 2.14 bits per heavy atom. The van der Waals surface area contributed by atoms with Crippen molar-refractivity contribution in [2.24, 2.45) is 5.92 Å². The van der Waals surface area contributed by atoms with Crippen molar-refractivity contribution in [3.8, 4) is 5.75 Å². The molecule has 7 heteroatoms. The molecule has 0 heterocycles. The largest absolute Gasteiger partial charge is 0.481 e. The smallest absolute Gasteiger partial charge is 0.261 e. The number of carbonyl (C=O) groups is 1. The number of nitrogens with zero attached hydrogens (tertiary/aromatic N) is 1. The molecule has 0 aliphatic rings. The molecule has 0 unspecified atom stereocenters. The zero-order chi connectivity index (χ0) is 21.6. The molecule has 1 N–H and O–H groups in total. The topological polar surface area (TPSA) is 75.7 Å². The summed E-state index contributed by atoms with van der Waals surface area (Å²) >= 11 is 0. The zero-order valence-corrected chi connectivity index (χ0v) is 18.4. The highest BCUT2D eigenvalue weighted by atomic mass is 32.2. The number of nitrogens with one attached hydrogen (secondary N) is 1. The summed E-state index contributed by atoms with van der Waals surface area (Å²) in [5.74, 6) is 0.728. The lowest BCUT2D eigenvalue weighted by molar-refractivity contribution is -0.128. The van der Waals surface area contributed by atoms with Gasteiger partial charge in [-0.05, 0) is 49.1 Å². The van der Waals surface area contributed by atoms with Gasteiger partial charge in [-0.25, -0.2) is 8.42 Å². The minimum absolute atomic E-state index is 0.0828. The number of carbonyl (C=O) groups excluding carboxylic acids is 1. The summed E-state index contributed by atoms with van der Waals surface area (Å²) in [7, 11) is -1.84. The molecule has 0 aliphatic heterocycles. The van der Waals surface area contributed by atoms with Gasteiger partial charge in [-0.3, -0.25) is 9.10 Å². The van der Waals surface area contributed by atoms with Gasteiger partial charge in [0.2, 0.25) is 10.0 Å². The first-order valence-corrected chi connectivity index (χ1v) is 11.5. The molecule has 2 aromatic carbocycles. The van der Waals surface area contributed by atoms with Crippen molar-refractivity contribution in [1.29, 1.82) is 0 Å². The molecule has 29 heavy (non-hydrogen) atoms. The molecule has 0 saturated heterocycles. The van der Waals surface area contributed by atoms with Crippen LogP contribution in [0.25, 0.3) is 0 Å². The Labute approximate surface area is 173 Å². The van der Waals surface area contributed by atoms with Crippen LogP contribution in [0.2, 0.25) is 0 Å². The Morgan fingerprint density at radius 1 is 1.03 bits per heavy atom. The van der Waals surface area contributed by atoms with E-state index in [4.69, 9.17) is 4.74 Å². The number of benzene rings is 2. The van der Waals surface area contributed by atoms with Gasteiger partial charge < -0.3 is 10.1 Å². The first kappa shape index (κ1) is 22.7. The summed E-state index contributed by atoms with van der Waals surface area (Å²) in [5.41, 5.74) is 1.59. The maximum atomic E-state index is 12.7. The molecule has 2 atom stereocenters. The summed E-state index contributed by atoms with van der Waals surface area (Å²) in [6.07, 6.45) is 1.28. The van der Waals surface area contributed by atoms with E-state index in [1.807, 2.05) is 30.3 Å². The number of anilines is 1. The van der Waals surface area contributed by atoms with E-state index in [-0.39, 0.29) is 11.9 Å². The SMILES string of the molecule is CC(C)C[C@@H](NC(=O)[C@H](C)Oc1ccc(N(C)S(C)(=O)=O)cc1)c1ccccc1. The van der Waals surface area contributed by atoms with E-state index in [1.54, 1.807) is 31.2 Å². The fourth-order valence-corrected chi connectivity index (χ4v) is 3.41. The first-order valence-electron chi connectivity index (χ1n) is 9.64. The zero-order valence-electron chi connectivity index (χ0n) is 17.6. The third-order valence-electron chi connectivity index (χ3n) is 4.61. The highest BCUT2D eigenvalue weighted by Gasteiger charge is 2.21. The van der Waals surface area contributed by atoms with Crippen molar-refractivity contribution in [3.63, 3.8) is 0 Å². The highest BCUT2D eigenvalue weighted by molar-refractivity contribution is 7.92. The monoisotopic (exact) mass is 418 g/mol. The molecule has 0 saturated carbocycles. The summed E-state index contributed by atoms with van der Waals surface area (Å²) < 4.78 is 30.2. The first-order chi connectivity index (χ1) is 13.6. The van der Waals surface area contributed by atoms with Crippen LogP contribution in [0.5, 0.6) is 5.75 Å². The van der Waals surface area contributed by atoms with Crippen molar-refractivity contribution in [2.75, 3.05) is 17.6 Å². The van der Waals surface area contributed by atoms with Crippen LogP contribution >= 0.6 is 0 Å². The molecule has 2 rings (SSSR count). The van der Waals surface area contributed by atoms with Crippen LogP contribution in [0.4, 0.5) is 5.69 Å². The van der Waals surface area contributed by atoms with Gasteiger partial charge in [0.25, 0.3) is 5.91 Å². The molecular formula is C22H30N2O4S. The number of sulfonamides is 1. The van der Waals surface area contributed by atoms with Crippen LogP contribution in [0.3, 0.4) is 0 Å². The third kappa shape index (κ3) is 6.78. The fourth-order valence-electron chi connectivity index (χ4n) is 2.91. The van der Waals surface area contributed by atoms with Gasteiger partial charge in [-0.2, -0.15) is 0 Å². The molecule has 1 amide bonds. The molecule has 0 fully saturated rings. The van der Waals surface area contributed by atoms with E-state index in [0.29, 0.717) is 17.4 Å². The second-order valence-corrected chi connectivity index (χ2v) is 9.60. The Hall–Kier alpha value is -2.54. The normalized spacial score (nSPS) is 13.6. The lowest BCUT2D eigenvalue weighted by Crippen LogP contribution is -2.39. The third-order valence-corrected chi connectivity index (χ3v) is 5.81. The van der Waals surface area contributed by atoms with Gasteiger partial charge in [-0.15, -0.1) is 0 Å². The molecule has 0 radical (unpaired) electrons. The predicted octanol–water partition coefficient (Wildman–Crippen LogP) is 3.75. The molecule has 0 aliphatic carbocycles. The summed E-state index contributed by atoms with van der Waals surface area (Å²) in [6.45, 7) is 5.94. The Kier molecular flexibility index (Phi) is 7.67. The molecular weight excluding hydrogens is 388 g/mol. The van der Waals surface area contributed by atoms with Crippen LogP contribution < -0.4 is 14.4 Å². The molecule has 2 aromatic rings. The van der Waals surface area contributed by atoms with Gasteiger partial charge >= 0.3 is 0 Å². The van der Waals surface area contributed by atoms with Crippen molar-refractivity contribution >= 4 is 21.6 Å². The average molecular weight is 419 g/mol. The van der Waals surface area contributed by atoms with E-state index in [1.165, 1.54) is 11.4 Å². The Bertz CT molecular complexity index is 896. The molecule has 158 valence electrons. The second-order valence-electron chi connectivity index (χ2n) is 7.59. The lowest BCUT2D eigenvalue weighted by Gasteiger charge is -2.24. The van der Waals surface area contributed by atoms with Crippen LogP contribution in [0.1, 0.15) is 38.8 Å². The Balaban J connectivity index is 2.03. The molecule has 0 aromatic heterocycles. The fraction of sp³-hybridized carbons (Fsp3) is 0.409. The van der Waals surface area contributed by atoms with Crippen molar-refractivity contribution < 1.29 is 17.9 Å². The molecule has 0 bridgehead atoms. The maximum Gasteiger partial charge on any atom is 0.261 e. The lowest BCUT2D eigenvalue weighted by atomic mass is 9.97. The van der Waals surface area contributed by atoms with E-state index in [0.717, 1.165) is 18.2 Å². The van der Waals surface area contributed by atoms with Gasteiger partial charge in [0.05, 0.1) is 18.0 Å². The average Bonchev–Trinajstić information content (AvgIpc) is 2.67. The van der Waals surface area contributed by atoms with Gasteiger partial charge in [-0.1, -0.05) is 44.2 Å². The van der Waals surface area contributed by atoms with Crippen molar-refractivity contribution in [1.82, 2.24) is 5.32 Å². The van der Waals surface area contributed by atoms with Crippen molar-refractivity contribution in [3.05, 3.63) is 60.2 Å². The van der Waals surface area contributed by atoms with Crippen molar-refractivity contribution in [2.45, 2.75) is 39.3 Å². The van der Waals surface area contributed by atoms with Gasteiger partial charge in [0, 0.05) is 7.05 Å². The summed E-state index contributed by atoms with van der Waals surface area (Å²) in [5, 5.41) is 3.08. The minimum atomic E-state index is -3.33. The number of hydrogen-bond donors (Lipinski definition) is 1. The highest BCUT2D eigenvalue weighted by Crippen LogP contribution is 2.23. The maximum absolute atomic E-state index is 12.7.